The van der Waals surface area contributed by atoms with E-state index >= 15 is 0 Å². The summed E-state index contributed by atoms with van der Waals surface area (Å²) in [5.74, 6) is 0.845. The van der Waals surface area contributed by atoms with E-state index in [4.69, 9.17) is 0 Å². The maximum atomic E-state index is 14.1. The van der Waals surface area contributed by atoms with Crippen molar-refractivity contribution in [3.05, 3.63) is 100 Å². The van der Waals surface area contributed by atoms with Crippen LogP contribution in [-0.2, 0) is 11.3 Å². The fourth-order valence-electron chi connectivity index (χ4n) is 6.95. The first-order valence-corrected chi connectivity index (χ1v) is 14.8. The number of amides is 1. The summed E-state index contributed by atoms with van der Waals surface area (Å²) in [5.41, 5.74) is 2.79. The van der Waals surface area contributed by atoms with E-state index in [9.17, 15) is 9.59 Å². The molecule has 0 saturated carbocycles. The van der Waals surface area contributed by atoms with Crippen LogP contribution in [0.25, 0.3) is 0 Å². The van der Waals surface area contributed by atoms with Crippen molar-refractivity contribution in [2.24, 2.45) is 11.3 Å². The highest BCUT2D eigenvalue weighted by atomic mass is 79.9. The minimum absolute atomic E-state index is 0.142. The van der Waals surface area contributed by atoms with Crippen LogP contribution in [0.5, 0.6) is 0 Å². The monoisotopic (exact) mass is 586 g/mol. The summed E-state index contributed by atoms with van der Waals surface area (Å²) in [6.07, 6.45) is 5.91. The second-order valence-corrected chi connectivity index (χ2v) is 12.2. The van der Waals surface area contributed by atoms with Gasteiger partial charge in [-0.05, 0) is 67.7 Å². The van der Waals surface area contributed by atoms with Gasteiger partial charge in [-0.25, -0.2) is 0 Å². The molecule has 3 aromatic rings. The number of hydrogen-bond donors (Lipinski definition) is 1. The lowest BCUT2D eigenvalue weighted by atomic mass is 9.74. The fourth-order valence-corrected chi connectivity index (χ4v) is 7.22. The molecule has 3 fully saturated rings. The molecule has 1 aromatic heterocycles. The molecule has 4 heterocycles. The smallest absolute Gasteiger partial charge is 0.229 e. The third kappa shape index (κ3) is 5.32. The van der Waals surface area contributed by atoms with Crippen molar-refractivity contribution < 1.29 is 9.59 Å². The molecule has 0 aliphatic carbocycles. The minimum Gasteiger partial charge on any atom is -0.338 e. The second-order valence-electron chi connectivity index (χ2n) is 11.3. The van der Waals surface area contributed by atoms with E-state index in [-0.39, 0.29) is 35.0 Å². The van der Waals surface area contributed by atoms with Crippen molar-refractivity contribution in [2.75, 3.05) is 32.7 Å². The Morgan fingerprint density at radius 2 is 1.72 bits per heavy atom. The van der Waals surface area contributed by atoms with Crippen LogP contribution in [0.2, 0.25) is 0 Å². The van der Waals surface area contributed by atoms with Gasteiger partial charge >= 0.3 is 0 Å². The third-order valence-corrected chi connectivity index (χ3v) is 9.67. The molecule has 3 aliphatic heterocycles. The predicted octanol–water partition coefficient (Wildman–Crippen LogP) is 4.91. The second kappa shape index (κ2) is 11.3. The predicted molar refractivity (Wildman–Crippen MR) is 155 cm³/mol. The van der Waals surface area contributed by atoms with Crippen LogP contribution in [0.1, 0.15) is 46.7 Å². The number of benzene rings is 2. The molecule has 1 amide bonds. The van der Waals surface area contributed by atoms with Gasteiger partial charge in [0.2, 0.25) is 5.91 Å². The topological polar surface area (TPSA) is 65.5 Å². The quantitative estimate of drug-likeness (QED) is 0.398. The van der Waals surface area contributed by atoms with Gasteiger partial charge < -0.3 is 10.2 Å². The van der Waals surface area contributed by atoms with E-state index in [2.05, 4.69) is 67.5 Å². The number of nitrogens with one attached hydrogen (secondary N) is 1. The lowest BCUT2D eigenvalue weighted by Gasteiger charge is -2.43. The normalized spacial score (nSPS) is 23.8. The standard InChI is InChI=1S/C32H35BrN4O2/c33-26-10-8-23(9-11-26)22-37-18-14-32(31(37)39)12-16-36(17-13-32)29(30(38)25-7-4-15-34-19-25)28-21-35-20-27(28)24-5-2-1-3-6-24/h1-11,15,19,27-29,35H,12-14,16-18,20-22H2/t27-,28-,29?/m1/s1. The van der Waals surface area contributed by atoms with Crippen LogP contribution in [0, 0.1) is 11.3 Å². The lowest BCUT2D eigenvalue weighted by molar-refractivity contribution is -0.139. The van der Waals surface area contributed by atoms with E-state index in [0.29, 0.717) is 12.1 Å². The highest BCUT2D eigenvalue weighted by Gasteiger charge is 2.50. The van der Waals surface area contributed by atoms with Crippen molar-refractivity contribution in [3.63, 3.8) is 0 Å². The Morgan fingerprint density at radius 1 is 0.974 bits per heavy atom. The number of carbonyl (C=O) groups excluding carboxylic acids is 2. The number of halogens is 1. The number of hydrogen-bond acceptors (Lipinski definition) is 5. The van der Waals surface area contributed by atoms with Gasteiger partial charge in [0.15, 0.2) is 5.78 Å². The Morgan fingerprint density at radius 3 is 2.44 bits per heavy atom. The summed E-state index contributed by atoms with van der Waals surface area (Å²) < 4.78 is 1.05. The zero-order valence-electron chi connectivity index (χ0n) is 22.1. The Balaban J connectivity index is 1.21. The molecule has 202 valence electrons. The molecule has 6 rings (SSSR count). The largest absolute Gasteiger partial charge is 0.338 e. The molecule has 39 heavy (non-hydrogen) atoms. The van der Waals surface area contributed by atoms with E-state index in [1.54, 1.807) is 12.4 Å². The van der Waals surface area contributed by atoms with Gasteiger partial charge in [-0.15, -0.1) is 0 Å². The first-order chi connectivity index (χ1) is 19.0. The number of pyridine rings is 1. The Labute approximate surface area is 238 Å². The summed E-state index contributed by atoms with van der Waals surface area (Å²) in [4.78, 5) is 36.4. The molecule has 1 N–H and O–H groups in total. The van der Waals surface area contributed by atoms with Crippen LogP contribution in [0.4, 0.5) is 0 Å². The molecule has 7 heteroatoms. The van der Waals surface area contributed by atoms with Crippen molar-refractivity contribution >= 4 is 27.6 Å². The van der Waals surface area contributed by atoms with Crippen LogP contribution in [0.15, 0.2) is 83.6 Å². The highest BCUT2D eigenvalue weighted by Crippen LogP contribution is 2.44. The molecule has 3 atom stereocenters. The Bertz CT molecular complexity index is 1290. The summed E-state index contributed by atoms with van der Waals surface area (Å²) in [6, 6.07) is 22.3. The number of aromatic nitrogens is 1. The number of rotatable bonds is 7. The minimum atomic E-state index is -0.305. The molecular weight excluding hydrogens is 552 g/mol. The van der Waals surface area contributed by atoms with Crippen LogP contribution in [-0.4, -0.2) is 65.2 Å². The molecule has 1 spiro atoms. The van der Waals surface area contributed by atoms with Crippen LogP contribution >= 0.6 is 15.9 Å². The lowest BCUT2D eigenvalue weighted by Crippen LogP contribution is -2.54. The molecule has 0 bridgehead atoms. The average Bonchev–Trinajstić information content (AvgIpc) is 3.58. The zero-order chi connectivity index (χ0) is 26.8. The Kier molecular flexibility index (Phi) is 7.65. The highest BCUT2D eigenvalue weighted by molar-refractivity contribution is 9.10. The number of piperidine rings is 1. The molecule has 1 unspecified atom stereocenters. The molecule has 0 radical (unpaired) electrons. The van der Waals surface area contributed by atoms with Gasteiger partial charge in [-0.3, -0.25) is 19.5 Å². The van der Waals surface area contributed by atoms with Crippen LogP contribution in [0.3, 0.4) is 0 Å². The summed E-state index contributed by atoms with van der Waals surface area (Å²) in [7, 11) is 0. The van der Waals surface area contributed by atoms with Gasteiger partial charge in [-0.2, -0.15) is 0 Å². The zero-order valence-corrected chi connectivity index (χ0v) is 23.7. The van der Waals surface area contributed by atoms with E-state index in [1.165, 1.54) is 5.56 Å². The Hall–Kier alpha value is -2.87. The fraction of sp³-hybridized carbons (Fsp3) is 0.406. The number of carbonyl (C=O) groups is 2. The van der Waals surface area contributed by atoms with E-state index in [1.807, 2.05) is 35.2 Å². The van der Waals surface area contributed by atoms with E-state index in [0.717, 1.165) is 62.0 Å². The number of nitrogens with zero attached hydrogens (tertiary/aromatic N) is 3. The third-order valence-electron chi connectivity index (χ3n) is 9.15. The van der Waals surface area contributed by atoms with Crippen molar-refractivity contribution in [3.8, 4) is 0 Å². The van der Waals surface area contributed by atoms with Gasteiger partial charge in [0.25, 0.3) is 0 Å². The summed E-state index contributed by atoms with van der Waals surface area (Å²) in [5, 5.41) is 3.58. The summed E-state index contributed by atoms with van der Waals surface area (Å²) in [6.45, 7) is 4.64. The first-order valence-electron chi connectivity index (χ1n) is 14.0. The van der Waals surface area contributed by atoms with Gasteiger partial charge in [0, 0.05) is 60.4 Å². The summed E-state index contributed by atoms with van der Waals surface area (Å²) >= 11 is 3.49. The van der Waals surface area contributed by atoms with Crippen LogP contribution < -0.4 is 5.32 Å². The maximum absolute atomic E-state index is 14.1. The maximum Gasteiger partial charge on any atom is 0.229 e. The average molecular weight is 588 g/mol. The molecule has 6 nitrogen and oxygen atoms in total. The molecule has 3 saturated heterocycles. The first kappa shape index (κ1) is 26.4. The van der Waals surface area contributed by atoms with Gasteiger partial charge in [0.1, 0.15) is 0 Å². The molecular formula is C32H35BrN4O2. The van der Waals surface area contributed by atoms with Crippen molar-refractivity contribution in [2.45, 2.75) is 37.8 Å². The van der Waals surface area contributed by atoms with Gasteiger partial charge in [0.05, 0.1) is 11.5 Å². The SMILES string of the molecule is O=C(c1cccnc1)C([C@@H]1CNC[C@@H]1c1ccccc1)N1CCC2(CCN(Cc3ccc(Br)cc3)C2=O)CC1. The van der Waals surface area contributed by atoms with Crippen molar-refractivity contribution in [1.82, 2.24) is 20.1 Å². The van der Waals surface area contributed by atoms with E-state index < -0.39 is 0 Å². The molecule has 2 aromatic carbocycles. The number of ketones is 1. The van der Waals surface area contributed by atoms with Crippen molar-refractivity contribution in [1.29, 1.82) is 0 Å². The number of likely N-dealkylation sites (tertiary alicyclic amines) is 2. The number of Topliss-reactive ketones (excluding diaryl/α,β-unsaturated/α-hetero) is 1. The molecule has 3 aliphatic rings. The van der Waals surface area contributed by atoms with Gasteiger partial charge in [-0.1, -0.05) is 58.4 Å².